The van der Waals surface area contributed by atoms with Crippen LogP contribution < -0.4 is 14.8 Å². The van der Waals surface area contributed by atoms with Gasteiger partial charge in [-0.15, -0.1) is 0 Å². The maximum atomic E-state index is 12.2. The van der Waals surface area contributed by atoms with E-state index in [9.17, 15) is 4.79 Å². The summed E-state index contributed by atoms with van der Waals surface area (Å²) < 4.78 is 10.6. The predicted octanol–water partition coefficient (Wildman–Crippen LogP) is 1.79. The van der Waals surface area contributed by atoms with Crippen molar-refractivity contribution in [2.45, 2.75) is 6.42 Å². The van der Waals surface area contributed by atoms with Crippen LogP contribution in [-0.4, -0.2) is 46.8 Å². The molecular weight excluding hydrogens is 322 g/mol. The summed E-state index contributed by atoms with van der Waals surface area (Å²) in [6.07, 6.45) is 4.02. The lowest BCUT2D eigenvalue weighted by Gasteiger charge is -2.08. The van der Waals surface area contributed by atoms with Crippen molar-refractivity contribution >= 4 is 5.91 Å². The molecule has 0 spiro atoms. The lowest BCUT2D eigenvalue weighted by Crippen LogP contribution is -2.26. The molecule has 0 fully saturated rings. The largest absolute Gasteiger partial charge is 0.497 e. The highest BCUT2D eigenvalue weighted by atomic mass is 16.5. The Kier molecular flexibility index (Phi) is 4.98. The maximum Gasteiger partial charge on any atom is 0.269 e. The second kappa shape index (κ2) is 7.52. The summed E-state index contributed by atoms with van der Waals surface area (Å²) in [5, 5.41) is 9.81. The number of hydrogen-bond donors (Lipinski definition) is 3. The second-order valence-electron chi connectivity index (χ2n) is 5.32. The molecule has 130 valence electrons. The van der Waals surface area contributed by atoms with Gasteiger partial charge in [0.1, 0.15) is 17.2 Å². The number of carbonyl (C=O) groups excluding carboxylic acids is 1. The molecule has 8 heteroatoms. The van der Waals surface area contributed by atoms with E-state index in [2.05, 4.69) is 25.5 Å². The van der Waals surface area contributed by atoms with Gasteiger partial charge in [0.25, 0.3) is 5.91 Å². The van der Waals surface area contributed by atoms with Crippen molar-refractivity contribution in [1.29, 1.82) is 0 Å². The molecule has 8 nitrogen and oxygen atoms in total. The molecule has 1 aromatic carbocycles. The number of nitrogens with zero attached hydrogens (tertiary/aromatic N) is 2. The lowest BCUT2D eigenvalue weighted by molar-refractivity contribution is 0.0949. The van der Waals surface area contributed by atoms with Gasteiger partial charge >= 0.3 is 0 Å². The number of ether oxygens (including phenoxy) is 2. The third kappa shape index (κ3) is 3.79. The molecule has 0 bridgehead atoms. The van der Waals surface area contributed by atoms with Crippen molar-refractivity contribution in [3.05, 3.63) is 48.2 Å². The van der Waals surface area contributed by atoms with Crippen molar-refractivity contribution < 1.29 is 14.3 Å². The quantitative estimate of drug-likeness (QED) is 0.608. The van der Waals surface area contributed by atoms with Crippen molar-refractivity contribution in [1.82, 2.24) is 25.5 Å². The summed E-state index contributed by atoms with van der Waals surface area (Å²) in [6.45, 7) is 0.501. The van der Waals surface area contributed by atoms with E-state index < -0.39 is 0 Å². The number of imidazole rings is 1. The van der Waals surface area contributed by atoms with Crippen LogP contribution in [-0.2, 0) is 6.42 Å². The van der Waals surface area contributed by atoms with Crippen LogP contribution in [0.4, 0.5) is 0 Å². The molecule has 0 saturated heterocycles. The van der Waals surface area contributed by atoms with Gasteiger partial charge in [0.05, 0.1) is 26.2 Å². The van der Waals surface area contributed by atoms with E-state index in [-0.39, 0.29) is 5.91 Å². The van der Waals surface area contributed by atoms with E-state index in [1.165, 1.54) is 0 Å². The number of aromatic nitrogens is 4. The van der Waals surface area contributed by atoms with Crippen LogP contribution in [0.2, 0.25) is 0 Å². The first kappa shape index (κ1) is 16.6. The molecule has 3 rings (SSSR count). The zero-order valence-corrected chi connectivity index (χ0v) is 14.0. The monoisotopic (exact) mass is 341 g/mol. The zero-order chi connectivity index (χ0) is 17.6. The number of aromatic amines is 2. The lowest BCUT2D eigenvalue weighted by atomic mass is 10.1. The van der Waals surface area contributed by atoms with E-state index >= 15 is 0 Å². The summed E-state index contributed by atoms with van der Waals surface area (Å²) in [5.74, 6) is 1.09. The Balaban J connectivity index is 1.68. The fourth-order valence-electron chi connectivity index (χ4n) is 2.41. The van der Waals surface area contributed by atoms with Crippen LogP contribution in [0.5, 0.6) is 11.5 Å². The molecule has 0 aliphatic heterocycles. The van der Waals surface area contributed by atoms with Crippen LogP contribution in [0.15, 0.2) is 36.8 Å². The molecule has 0 aliphatic rings. The van der Waals surface area contributed by atoms with Gasteiger partial charge < -0.3 is 19.8 Å². The van der Waals surface area contributed by atoms with E-state index in [1.54, 1.807) is 38.9 Å². The van der Waals surface area contributed by atoms with Gasteiger partial charge in [-0.3, -0.25) is 9.89 Å². The van der Waals surface area contributed by atoms with Crippen molar-refractivity contribution in [3.63, 3.8) is 0 Å². The molecule has 0 unspecified atom stereocenters. The van der Waals surface area contributed by atoms with Gasteiger partial charge in [0.2, 0.25) is 0 Å². The van der Waals surface area contributed by atoms with Crippen LogP contribution in [0.1, 0.15) is 16.2 Å². The molecule has 25 heavy (non-hydrogen) atoms. The average molecular weight is 341 g/mol. The number of rotatable bonds is 7. The number of hydrogen-bond acceptors (Lipinski definition) is 5. The normalized spacial score (nSPS) is 10.5. The standard InChI is InChI=1S/C17H19N5O3/c1-24-12-3-4-13(16(7-12)25-2)14-8-15(22-21-14)17(23)19-6-5-11-9-18-10-20-11/h3-4,7-10H,5-6H2,1-2H3,(H,18,20)(H,19,23)(H,21,22). The fraction of sp³-hybridized carbons (Fsp3) is 0.235. The summed E-state index contributed by atoms with van der Waals surface area (Å²) in [7, 11) is 3.17. The van der Waals surface area contributed by atoms with E-state index in [0.29, 0.717) is 35.9 Å². The highest BCUT2D eigenvalue weighted by molar-refractivity contribution is 5.93. The molecule has 0 atom stereocenters. The zero-order valence-electron chi connectivity index (χ0n) is 14.0. The topological polar surface area (TPSA) is 105 Å². The SMILES string of the molecule is COc1ccc(-c2cc(C(=O)NCCc3cnc[nH]3)[nH]n2)c(OC)c1. The van der Waals surface area contributed by atoms with Crippen LogP contribution in [0.3, 0.4) is 0 Å². The smallest absolute Gasteiger partial charge is 0.269 e. The minimum Gasteiger partial charge on any atom is -0.497 e. The minimum absolute atomic E-state index is 0.217. The Hall–Kier alpha value is -3.29. The van der Waals surface area contributed by atoms with Crippen molar-refractivity contribution in [3.8, 4) is 22.8 Å². The molecular formula is C17H19N5O3. The maximum absolute atomic E-state index is 12.2. The molecule has 0 aliphatic carbocycles. The highest BCUT2D eigenvalue weighted by Gasteiger charge is 2.14. The van der Waals surface area contributed by atoms with Gasteiger partial charge in [0.15, 0.2) is 0 Å². The first-order chi connectivity index (χ1) is 12.2. The number of carbonyl (C=O) groups is 1. The number of benzene rings is 1. The van der Waals surface area contributed by atoms with E-state index in [0.717, 1.165) is 11.3 Å². The van der Waals surface area contributed by atoms with Gasteiger partial charge in [-0.25, -0.2) is 4.98 Å². The first-order valence-electron chi connectivity index (χ1n) is 7.74. The molecule has 3 aromatic rings. The minimum atomic E-state index is -0.217. The Morgan fingerprint density at radius 2 is 2.12 bits per heavy atom. The van der Waals surface area contributed by atoms with E-state index in [4.69, 9.17) is 9.47 Å². The highest BCUT2D eigenvalue weighted by Crippen LogP contribution is 2.32. The first-order valence-corrected chi connectivity index (χ1v) is 7.74. The Labute approximate surface area is 144 Å². The Bertz CT molecular complexity index is 842. The van der Waals surface area contributed by atoms with Gasteiger partial charge in [-0.1, -0.05) is 0 Å². The fourth-order valence-corrected chi connectivity index (χ4v) is 2.41. The molecule has 0 saturated carbocycles. The van der Waals surface area contributed by atoms with Crippen LogP contribution >= 0.6 is 0 Å². The summed E-state index contributed by atoms with van der Waals surface area (Å²) in [4.78, 5) is 19.1. The molecule has 2 heterocycles. The van der Waals surface area contributed by atoms with Crippen LogP contribution in [0.25, 0.3) is 11.3 Å². The molecule has 1 amide bonds. The molecule has 3 N–H and O–H groups in total. The van der Waals surface area contributed by atoms with Gasteiger partial charge in [-0.2, -0.15) is 5.10 Å². The average Bonchev–Trinajstić information content (AvgIpc) is 3.33. The number of amides is 1. The predicted molar refractivity (Wildman–Crippen MR) is 91.8 cm³/mol. The third-order valence-corrected chi connectivity index (χ3v) is 3.74. The molecule has 2 aromatic heterocycles. The third-order valence-electron chi connectivity index (χ3n) is 3.74. The Morgan fingerprint density at radius 1 is 1.24 bits per heavy atom. The second-order valence-corrected chi connectivity index (χ2v) is 5.32. The molecule has 0 radical (unpaired) electrons. The summed E-state index contributed by atoms with van der Waals surface area (Å²) in [6, 6.07) is 7.12. The number of nitrogens with one attached hydrogen (secondary N) is 3. The van der Waals surface area contributed by atoms with E-state index in [1.807, 2.05) is 12.1 Å². The Morgan fingerprint density at radius 3 is 2.84 bits per heavy atom. The van der Waals surface area contributed by atoms with Crippen molar-refractivity contribution in [2.75, 3.05) is 20.8 Å². The summed E-state index contributed by atoms with van der Waals surface area (Å²) >= 11 is 0. The summed E-state index contributed by atoms with van der Waals surface area (Å²) in [5.41, 5.74) is 2.75. The van der Waals surface area contributed by atoms with Crippen LogP contribution in [0, 0.1) is 0 Å². The van der Waals surface area contributed by atoms with Gasteiger partial charge in [-0.05, 0) is 18.2 Å². The van der Waals surface area contributed by atoms with Crippen molar-refractivity contribution in [2.24, 2.45) is 0 Å². The number of methoxy groups -OCH3 is 2. The van der Waals surface area contributed by atoms with Gasteiger partial charge in [0, 0.05) is 36.5 Å². The number of H-pyrrole nitrogens is 2.